The molecule has 2 rings (SSSR count). The van der Waals surface area contributed by atoms with Gasteiger partial charge in [0.25, 0.3) is 0 Å². The maximum absolute atomic E-state index is 13.0. The number of aryl methyl sites for hydroxylation is 1. The Hall–Kier alpha value is -1.48. The monoisotopic (exact) mass is 370 g/mol. The van der Waals surface area contributed by atoms with E-state index in [1.165, 1.54) is 17.5 Å². The number of methoxy groups -OCH3 is 1. The molecule has 0 saturated carbocycles. The van der Waals surface area contributed by atoms with Crippen LogP contribution in [0.25, 0.3) is 0 Å². The quantitative estimate of drug-likeness (QED) is 0.574. The first-order valence-electron chi connectivity index (χ1n) is 8.41. The minimum absolute atomic E-state index is 0.00699. The summed E-state index contributed by atoms with van der Waals surface area (Å²) >= 11 is 0. The highest BCUT2D eigenvalue weighted by atomic mass is 32.2. The van der Waals surface area contributed by atoms with E-state index >= 15 is 0 Å². The molecule has 1 heterocycles. The number of nitrogens with two attached hydrogens (primary N) is 1. The van der Waals surface area contributed by atoms with Gasteiger partial charge in [0.15, 0.2) is 0 Å². The van der Waals surface area contributed by atoms with Gasteiger partial charge >= 0.3 is 5.97 Å². The van der Waals surface area contributed by atoms with E-state index in [1.54, 1.807) is 19.1 Å². The van der Waals surface area contributed by atoms with Crippen LogP contribution in [0.5, 0.6) is 0 Å². The molecular weight excluding hydrogens is 344 g/mol. The number of ether oxygens (including phenoxy) is 2. The number of hydrogen-bond acceptors (Lipinski definition) is 6. The van der Waals surface area contributed by atoms with E-state index in [1.807, 2.05) is 0 Å². The Labute approximate surface area is 149 Å². The van der Waals surface area contributed by atoms with Gasteiger partial charge in [-0.2, -0.15) is 4.31 Å². The molecule has 0 amide bonds. The molecule has 1 fully saturated rings. The second-order valence-corrected chi connectivity index (χ2v) is 8.01. The molecule has 8 heteroatoms. The zero-order valence-corrected chi connectivity index (χ0v) is 15.5. The molecule has 0 aliphatic carbocycles. The van der Waals surface area contributed by atoms with Crippen molar-refractivity contribution in [1.82, 2.24) is 4.31 Å². The maximum atomic E-state index is 13.0. The average Bonchev–Trinajstić information content (AvgIpc) is 2.61. The Bertz CT molecular complexity index is 697. The first-order valence-corrected chi connectivity index (χ1v) is 9.85. The number of sulfonamides is 1. The van der Waals surface area contributed by atoms with Crippen LogP contribution in [0.4, 0.5) is 0 Å². The fourth-order valence-electron chi connectivity index (χ4n) is 2.85. The largest absolute Gasteiger partial charge is 0.465 e. The summed E-state index contributed by atoms with van der Waals surface area (Å²) in [6.07, 6.45) is 2.10. The average molecular weight is 370 g/mol. The molecule has 25 heavy (non-hydrogen) atoms. The highest BCUT2D eigenvalue weighted by Gasteiger charge is 2.32. The van der Waals surface area contributed by atoms with Crippen molar-refractivity contribution in [3.05, 3.63) is 29.3 Å². The molecule has 7 nitrogen and oxygen atoms in total. The minimum atomic E-state index is -3.76. The van der Waals surface area contributed by atoms with Crippen LogP contribution < -0.4 is 5.73 Å². The highest BCUT2D eigenvalue weighted by Crippen LogP contribution is 2.26. The predicted octanol–water partition coefficient (Wildman–Crippen LogP) is 1.30. The maximum Gasteiger partial charge on any atom is 0.339 e. The second kappa shape index (κ2) is 8.75. The van der Waals surface area contributed by atoms with Crippen molar-refractivity contribution in [3.63, 3.8) is 0 Å². The molecule has 0 aromatic heterocycles. The molecule has 1 aliphatic rings. The number of hydrogen-bond donors (Lipinski definition) is 1. The van der Waals surface area contributed by atoms with Crippen LogP contribution in [0, 0.1) is 6.92 Å². The smallest absolute Gasteiger partial charge is 0.339 e. The SMILES string of the molecule is COC(=O)c1cc(C)ccc1S(=O)(=O)N1CCC(OCCCN)CC1. The van der Waals surface area contributed by atoms with Crippen LogP contribution >= 0.6 is 0 Å². The van der Waals surface area contributed by atoms with Gasteiger partial charge in [-0.05, 0) is 44.9 Å². The Balaban J connectivity index is 2.14. The molecule has 2 N–H and O–H groups in total. The van der Waals surface area contributed by atoms with Gasteiger partial charge in [-0.3, -0.25) is 0 Å². The van der Waals surface area contributed by atoms with Crippen LogP contribution in [0.1, 0.15) is 35.2 Å². The van der Waals surface area contributed by atoms with Crippen molar-refractivity contribution in [3.8, 4) is 0 Å². The van der Waals surface area contributed by atoms with Crippen molar-refractivity contribution < 1.29 is 22.7 Å². The van der Waals surface area contributed by atoms with Gasteiger partial charge in [-0.1, -0.05) is 11.6 Å². The lowest BCUT2D eigenvalue weighted by Crippen LogP contribution is -2.41. The summed E-state index contributed by atoms with van der Waals surface area (Å²) in [4.78, 5) is 12.0. The molecule has 0 atom stereocenters. The summed E-state index contributed by atoms with van der Waals surface area (Å²) < 4.78 is 37.8. The fourth-order valence-corrected chi connectivity index (χ4v) is 4.48. The van der Waals surface area contributed by atoms with Crippen LogP contribution in [-0.4, -0.2) is 58.1 Å². The predicted molar refractivity (Wildman–Crippen MR) is 93.9 cm³/mol. The van der Waals surface area contributed by atoms with Crippen LogP contribution in [0.2, 0.25) is 0 Å². The fraction of sp³-hybridized carbons (Fsp3) is 0.588. The summed E-state index contributed by atoms with van der Waals surface area (Å²) in [5, 5.41) is 0. The number of esters is 1. The Morgan fingerprint density at radius 2 is 2.00 bits per heavy atom. The van der Waals surface area contributed by atoms with E-state index in [0.717, 1.165) is 12.0 Å². The summed E-state index contributed by atoms with van der Waals surface area (Å²) in [6, 6.07) is 4.70. The first kappa shape index (κ1) is 19.8. The third-order valence-corrected chi connectivity index (χ3v) is 6.22. The van der Waals surface area contributed by atoms with Crippen LogP contribution in [-0.2, 0) is 19.5 Å². The standard InChI is InChI=1S/C17H26N2O5S/c1-13-4-5-16(15(12-13)17(20)23-2)25(21,22)19-9-6-14(7-10-19)24-11-3-8-18/h4-5,12,14H,3,6-11,18H2,1-2H3. The summed E-state index contributed by atoms with van der Waals surface area (Å²) in [5.41, 5.74) is 6.31. The zero-order chi connectivity index (χ0) is 18.4. The van der Waals surface area contributed by atoms with Crippen LogP contribution in [0.15, 0.2) is 23.1 Å². The van der Waals surface area contributed by atoms with Crippen molar-refractivity contribution in [2.45, 2.75) is 37.2 Å². The second-order valence-electron chi connectivity index (χ2n) is 6.11. The number of benzene rings is 1. The Morgan fingerprint density at radius 1 is 1.32 bits per heavy atom. The highest BCUT2D eigenvalue weighted by molar-refractivity contribution is 7.89. The van der Waals surface area contributed by atoms with Gasteiger partial charge in [-0.15, -0.1) is 0 Å². The van der Waals surface area contributed by atoms with E-state index in [-0.39, 0.29) is 16.6 Å². The van der Waals surface area contributed by atoms with Gasteiger partial charge in [0.05, 0.1) is 23.7 Å². The number of piperidine rings is 1. The van der Waals surface area contributed by atoms with E-state index in [4.69, 9.17) is 15.2 Å². The molecule has 0 spiro atoms. The van der Waals surface area contributed by atoms with Crippen LogP contribution in [0.3, 0.4) is 0 Å². The number of carbonyl (C=O) groups excluding carboxylic acids is 1. The third-order valence-electron chi connectivity index (χ3n) is 4.26. The Morgan fingerprint density at radius 3 is 2.60 bits per heavy atom. The molecule has 140 valence electrons. The minimum Gasteiger partial charge on any atom is -0.465 e. The molecule has 1 aliphatic heterocycles. The van der Waals surface area contributed by atoms with Gasteiger partial charge in [0, 0.05) is 19.7 Å². The summed E-state index contributed by atoms with van der Waals surface area (Å²) in [6.45, 7) is 3.70. The molecule has 1 aromatic carbocycles. The van der Waals surface area contributed by atoms with Gasteiger partial charge in [0.2, 0.25) is 10.0 Å². The first-order chi connectivity index (χ1) is 11.9. The molecule has 0 radical (unpaired) electrons. The van der Waals surface area contributed by atoms with Gasteiger partial charge in [-0.25, -0.2) is 13.2 Å². The van der Waals surface area contributed by atoms with E-state index in [9.17, 15) is 13.2 Å². The van der Waals surface area contributed by atoms with Crippen molar-refractivity contribution in [2.24, 2.45) is 5.73 Å². The van der Waals surface area contributed by atoms with Crippen molar-refractivity contribution >= 4 is 16.0 Å². The lowest BCUT2D eigenvalue weighted by Gasteiger charge is -2.31. The number of nitrogens with zero attached hydrogens (tertiary/aromatic N) is 1. The van der Waals surface area contributed by atoms with E-state index < -0.39 is 16.0 Å². The number of rotatable bonds is 7. The molecule has 0 bridgehead atoms. The van der Waals surface area contributed by atoms with Gasteiger partial charge < -0.3 is 15.2 Å². The summed E-state index contributed by atoms with van der Waals surface area (Å²) in [7, 11) is -2.51. The lowest BCUT2D eigenvalue weighted by atomic mass is 10.1. The Kier molecular flexibility index (Phi) is 6.95. The molecule has 1 aromatic rings. The molecule has 0 unspecified atom stereocenters. The van der Waals surface area contributed by atoms with E-state index in [0.29, 0.717) is 39.1 Å². The van der Waals surface area contributed by atoms with Crippen molar-refractivity contribution in [2.75, 3.05) is 33.4 Å². The third kappa shape index (κ3) is 4.78. The zero-order valence-electron chi connectivity index (χ0n) is 14.7. The number of carbonyl (C=O) groups is 1. The van der Waals surface area contributed by atoms with Gasteiger partial charge in [0.1, 0.15) is 0 Å². The van der Waals surface area contributed by atoms with E-state index in [2.05, 4.69) is 0 Å². The molecule has 1 saturated heterocycles. The molecular formula is C17H26N2O5S. The normalized spacial score (nSPS) is 16.8. The topological polar surface area (TPSA) is 98.9 Å². The lowest BCUT2D eigenvalue weighted by molar-refractivity contribution is 0.0208. The van der Waals surface area contributed by atoms with Crippen molar-refractivity contribution in [1.29, 1.82) is 0 Å². The summed E-state index contributed by atoms with van der Waals surface area (Å²) in [5.74, 6) is -0.651.